The van der Waals surface area contributed by atoms with Crippen LogP contribution in [0.25, 0.3) is 44.4 Å². The first kappa shape index (κ1) is 28.1. The standard InChI is InChI=1S/C36H46N4/c1-11-23-25(13-3)31-19-35-27(15-5)28(16-6)36(40(35)10)20-32-26(14-4)24(12-2)30(38-32)18-34-22(8)21(7)33(39(34)9)17-29(23)37-31/h17-20H,11-16H2,1-10H3. The second kappa shape index (κ2) is 10.9. The van der Waals surface area contributed by atoms with Crippen LogP contribution in [0.2, 0.25) is 0 Å². The van der Waals surface area contributed by atoms with Crippen LogP contribution in [0.5, 0.6) is 0 Å². The van der Waals surface area contributed by atoms with Gasteiger partial charge < -0.3 is 9.13 Å². The molecule has 0 aromatic carbocycles. The van der Waals surface area contributed by atoms with Crippen LogP contribution in [0.1, 0.15) is 112 Å². The molecule has 8 bridgehead atoms. The van der Waals surface area contributed by atoms with E-state index in [1.807, 2.05) is 0 Å². The van der Waals surface area contributed by atoms with Crippen molar-refractivity contribution in [2.75, 3.05) is 0 Å². The first-order chi connectivity index (χ1) is 19.2. The van der Waals surface area contributed by atoms with Crippen molar-refractivity contribution in [2.45, 2.75) is 93.9 Å². The van der Waals surface area contributed by atoms with Gasteiger partial charge in [0, 0.05) is 36.2 Å². The van der Waals surface area contributed by atoms with E-state index < -0.39 is 0 Å². The molecule has 0 saturated carbocycles. The molecule has 0 aliphatic carbocycles. The number of hydrogen-bond acceptors (Lipinski definition) is 2. The monoisotopic (exact) mass is 534 g/mol. The largest absolute Gasteiger partial charge is 0.344 e. The summed E-state index contributed by atoms with van der Waals surface area (Å²) in [6, 6.07) is 9.37. The molecule has 3 aromatic heterocycles. The third kappa shape index (κ3) is 4.19. The smallest absolute Gasteiger partial charge is 0.0693 e. The SMILES string of the molecule is CCC1=C(CC)c2cc3c(CC)c(CC)c(cc4nc(cc5c(C)c(C)c(cc1n2)n5C)C(CC)=C4CC)n3C. The molecule has 2 aliphatic heterocycles. The highest BCUT2D eigenvalue weighted by molar-refractivity contribution is 5.95. The molecule has 0 amide bonds. The highest BCUT2D eigenvalue weighted by Crippen LogP contribution is 2.39. The lowest BCUT2D eigenvalue weighted by Gasteiger charge is -2.05. The van der Waals surface area contributed by atoms with Crippen LogP contribution < -0.4 is 0 Å². The van der Waals surface area contributed by atoms with E-state index in [1.54, 1.807) is 0 Å². The predicted molar refractivity (Wildman–Crippen MR) is 173 cm³/mol. The molecule has 5 rings (SSSR count). The van der Waals surface area contributed by atoms with E-state index >= 15 is 0 Å². The Morgan fingerprint density at radius 1 is 0.450 bits per heavy atom. The number of nitrogens with zero attached hydrogens (tertiary/aromatic N) is 4. The van der Waals surface area contributed by atoms with Crippen molar-refractivity contribution >= 4 is 44.4 Å². The minimum Gasteiger partial charge on any atom is -0.344 e. The molecule has 3 aromatic rings. The Hall–Kier alpha value is -3.40. The van der Waals surface area contributed by atoms with Crippen molar-refractivity contribution in [1.82, 2.24) is 19.1 Å². The molecule has 0 spiro atoms. The van der Waals surface area contributed by atoms with E-state index in [1.165, 1.54) is 66.6 Å². The van der Waals surface area contributed by atoms with Crippen molar-refractivity contribution in [1.29, 1.82) is 0 Å². The van der Waals surface area contributed by atoms with E-state index in [0.29, 0.717) is 0 Å². The van der Waals surface area contributed by atoms with Gasteiger partial charge in [0.15, 0.2) is 0 Å². The number of rotatable bonds is 6. The van der Waals surface area contributed by atoms with Gasteiger partial charge in [-0.05, 0) is 121 Å². The Bertz CT molecular complexity index is 1610. The fourth-order valence-electron chi connectivity index (χ4n) is 7.15. The van der Waals surface area contributed by atoms with Crippen LogP contribution in [0.4, 0.5) is 0 Å². The van der Waals surface area contributed by atoms with E-state index in [-0.39, 0.29) is 0 Å². The zero-order valence-electron chi connectivity index (χ0n) is 26.3. The Morgan fingerprint density at radius 2 is 0.725 bits per heavy atom. The third-order valence-corrected chi connectivity index (χ3v) is 9.42. The molecule has 4 nitrogen and oxygen atoms in total. The van der Waals surface area contributed by atoms with Gasteiger partial charge in [0.05, 0.1) is 22.8 Å². The van der Waals surface area contributed by atoms with E-state index in [0.717, 1.165) is 61.3 Å². The first-order valence-electron chi connectivity index (χ1n) is 15.4. The lowest BCUT2D eigenvalue weighted by Crippen LogP contribution is -1.90. The normalized spacial score (nSPS) is 13.7. The summed E-state index contributed by atoms with van der Waals surface area (Å²) in [5.41, 5.74) is 20.5. The number of aromatic nitrogens is 4. The molecule has 2 aliphatic rings. The highest BCUT2D eigenvalue weighted by Gasteiger charge is 2.22. The molecular weight excluding hydrogens is 488 g/mol. The molecule has 0 radical (unpaired) electrons. The van der Waals surface area contributed by atoms with Crippen LogP contribution in [-0.2, 0) is 26.9 Å². The van der Waals surface area contributed by atoms with E-state index in [2.05, 4.69) is 103 Å². The maximum Gasteiger partial charge on any atom is 0.0693 e. The van der Waals surface area contributed by atoms with Crippen LogP contribution in [-0.4, -0.2) is 19.1 Å². The highest BCUT2D eigenvalue weighted by atomic mass is 15.0. The van der Waals surface area contributed by atoms with Gasteiger partial charge in [-0.3, -0.25) is 0 Å². The summed E-state index contributed by atoms with van der Waals surface area (Å²) in [6.07, 6.45) is 5.90. The number of aryl methyl sites for hydroxylation is 6. The Labute approximate surface area is 240 Å². The summed E-state index contributed by atoms with van der Waals surface area (Å²) >= 11 is 0. The average molecular weight is 535 g/mol. The second-order valence-electron chi connectivity index (χ2n) is 11.2. The van der Waals surface area contributed by atoms with Gasteiger partial charge in [-0.1, -0.05) is 41.5 Å². The summed E-state index contributed by atoms with van der Waals surface area (Å²) in [5.74, 6) is 0. The van der Waals surface area contributed by atoms with Crippen LogP contribution in [0.3, 0.4) is 0 Å². The summed E-state index contributed by atoms with van der Waals surface area (Å²) in [7, 11) is 4.42. The van der Waals surface area contributed by atoms with Crippen LogP contribution >= 0.6 is 0 Å². The zero-order chi connectivity index (χ0) is 28.9. The van der Waals surface area contributed by atoms with Crippen molar-refractivity contribution in [2.24, 2.45) is 14.1 Å². The predicted octanol–water partition coefficient (Wildman–Crippen LogP) is 9.54. The molecule has 4 heteroatoms. The van der Waals surface area contributed by atoms with Crippen molar-refractivity contribution in [3.8, 4) is 0 Å². The number of fused-ring (bicyclic) bond motifs is 8. The van der Waals surface area contributed by atoms with Crippen molar-refractivity contribution < 1.29 is 0 Å². The molecule has 40 heavy (non-hydrogen) atoms. The summed E-state index contributed by atoms with van der Waals surface area (Å²) in [4.78, 5) is 10.7. The van der Waals surface area contributed by atoms with Gasteiger partial charge >= 0.3 is 0 Å². The number of hydrogen-bond donors (Lipinski definition) is 0. The molecule has 210 valence electrons. The fourth-order valence-corrected chi connectivity index (χ4v) is 7.15. The Balaban J connectivity index is 2.08. The zero-order valence-corrected chi connectivity index (χ0v) is 26.3. The van der Waals surface area contributed by atoms with E-state index in [4.69, 9.17) is 9.97 Å². The molecule has 0 atom stereocenters. The number of allylic oxidation sites excluding steroid dienone is 4. The fraction of sp³-hybridized carbons (Fsp3) is 0.444. The molecule has 5 heterocycles. The molecule has 0 N–H and O–H groups in total. The maximum atomic E-state index is 5.33. The van der Waals surface area contributed by atoms with Crippen LogP contribution in [0.15, 0.2) is 24.3 Å². The molecule has 0 unspecified atom stereocenters. The summed E-state index contributed by atoms with van der Waals surface area (Å²) in [5, 5.41) is 0. The van der Waals surface area contributed by atoms with Crippen molar-refractivity contribution in [3.63, 3.8) is 0 Å². The lowest BCUT2D eigenvalue weighted by molar-refractivity contribution is 0.996. The summed E-state index contributed by atoms with van der Waals surface area (Å²) < 4.78 is 4.74. The Morgan fingerprint density at radius 3 is 1.00 bits per heavy atom. The minimum absolute atomic E-state index is 0.976. The van der Waals surface area contributed by atoms with Crippen LogP contribution in [0, 0.1) is 13.8 Å². The minimum atomic E-state index is 0.976. The van der Waals surface area contributed by atoms with Gasteiger partial charge in [0.1, 0.15) is 0 Å². The molecule has 0 saturated heterocycles. The van der Waals surface area contributed by atoms with Crippen molar-refractivity contribution in [3.05, 3.63) is 69.3 Å². The quantitative estimate of drug-likeness (QED) is 0.316. The lowest BCUT2D eigenvalue weighted by atomic mass is 9.99. The van der Waals surface area contributed by atoms with Gasteiger partial charge in [0.25, 0.3) is 0 Å². The van der Waals surface area contributed by atoms with E-state index in [9.17, 15) is 0 Å². The first-order valence-corrected chi connectivity index (χ1v) is 15.4. The van der Waals surface area contributed by atoms with Gasteiger partial charge in [-0.15, -0.1) is 0 Å². The maximum absolute atomic E-state index is 5.33. The second-order valence-corrected chi connectivity index (χ2v) is 11.2. The molecular formula is C36H46N4. The topological polar surface area (TPSA) is 35.6 Å². The Kier molecular flexibility index (Phi) is 7.65. The van der Waals surface area contributed by atoms with Gasteiger partial charge in [0.2, 0.25) is 0 Å². The third-order valence-electron chi connectivity index (χ3n) is 9.42. The van der Waals surface area contributed by atoms with Gasteiger partial charge in [-0.25, -0.2) is 9.97 Å². The molecule has 0 fully saturated rings. The summed E-state index contributed by atoms with van der Waals surface area (Å²) in [6.45, 7) is 18.1. The van der Waals surface area contributed by atoms with Gasteiger partial charge in [-0.2, -0.15) is 0 Å². The average Bonchev–Trinajstić information content (AvgIpc) is 3.61.